The molecule has 0 spiro atoms. The van der Waals surface area contributed by atoms with E-state index in [9.17, 15) is 13.2 Å². The second-order valence-corrected chi connectivity index (χ2v) is 7.73. The smallest absolute Gasteiger partial charge is 0.241 e. The molecule has 1 aliphatic rings. The van der Waals surface area contributed by atoms with E-state index in [0.29, 0.717) is 36.1 Å². The maximum Gasteiger partial charge on any atom is 0.241 e. The molecule has 1 aromatic rings. The van der Waals surface area contributed by atoms with E-state index in [1.807, 2.05) is 0 Å². The van der Waals surface area contributed by atoms with Crippen molar-refractivity contribution in [3.63, 3.8) is 0 Å². The van der Waals surface area contributed by atoms with Gasteiger partial charge >= 0.3 is 0 Å². The zero-order chi connectivity index (χ0) is 16.2. The predicted molar refractivity (Wildman–Crippen MR) is 96.7 cm³/mol. The highest BCUT2D eigenvalue weighted by atomic mass is 79.9. The fraction of sp³-hybridized carbons (Fsp3) is 0.500. The third-order valence-electron chi connectivity index (χ3n) is 3.36. The molecule has 0 bridgehead atoms. The summed E-state index contributed by atoms with van der Waals surface area (Å²) in [5.74, 6) is -0.0881. The van der Waals surface area contributed by atoms with Crippen molar-refractivity contribution >= 4 is 50.0 Å². The molecule has 1 aliphatic heterocycles. The standard InChI is InChI=1S/C14H20BrN3O3S.ClH/c1-2-5-16-6-7-17-22(20,21)13-9-12-10(8-11(13)15)3-4-14(19)18-12;/h8-9,16-17H,2-7H2,1H3,(H,18,19);1H. The molecule has 1 heterocycles. The number of hydrogen-bond donors (Lipinski definition) is 3. The summed E-state index contributed by atoms with van der Waals surface area (Å²) < 4.78 is 27.8. The number of carbonyl (C=O) groups excluding carboxylic acids is 1. The minimum atomic E-state index is -3.62. The fourth-order valence-corrected chi connectivity index (χ4v) is 4.38. The number of halogens is 2. The van der Waals surface area contributed by atoms with Crippen LogP contribution < -0.4 is 15.4 Å². The molecule has 0 saturated heterocycles. The largest absolute Gasteiger partial charge is 0.326 e. The quantitative estimate of drug-likeness (QED) is 0.582. The first-order chi connectivity index (χ1) is 10.4. The molecular weight excluding hydrogens is 406 g/mol. The molecule has 0 aliphatic carbocycles. The molecule has 1 amide bonds. The van der Waals surface area contributed by atoms with Crippen molar-refractivity contribution in [3.8, 4) is 0 Å². The minimum Gasteiger partial charge on any atom is -0.326 e. The summed E-state index contributed by atoms with van der Waals surface area (Å²) in [5, 5.41) is 5.85. The van der Waals surface area contributed by atoms with Crippen LogP contribution in [-0.2, 0) is 21.2 Å². The predicted octanol–water partition coefficient (Wildman–Crippen LogP) is 2.03. The van der Waals surface area contributed by atoms with E-state index in [2.05, 4.69) is 38.2 Å². The molecule has 23 heavy (non-hydrogen) atoms. The molecule has 0 fully saturated rings. The Bertz CT molecular complexity index is 667. The fourth-order valence-electron chi connectivity index (χ4n) is 2.24. The highest BCUT2D eigenvalue weighted by Gasteiger charge is 2.22. The molecule has 6 nitrogen and oxygen atoms in total. The van der Waals surface area contributed by atoms with Gasteiger partial charge in [0.05, 0.1) is 4.90 Å². The van der Waals surface area contributed by atoms with Crippen molar-refractivity contribution in [3.05, 3.63) is 22.2 Å². The molecule has 0 aromatic heterocycles. The van der Waals surface area contributed by atoms with Gasteiger partial charge in [-0.1, -0.05) is 6.92 Å². The van der Waals surface area contributed by atoms with Crippen LogP contribution in [-0.4, -0.2) is 34.0 Å². The van der Waals surface area contributed by atoms with Gasteiger partial charge in [-0.25, -0.2) is 13.1 Å². The number of rotatable bonds is 7. The normalized spacial score (nSPS) is 13.9. The first-order valence-electron chi connectivity index (χ1n) is 7.26. The van der Waals surface area contributed by atoms with Crippen LogP contribution in [0.5, 0.6) is 0 Å². The van der Waals surface area contributed by atoms with Gasteiger partial charge in [0.25, 0.3) is 0 Å². The maximum absolute atomic E-state index is 12.4. The monoisotopic (exact) mass is 425 g/mol. The van der Waals surface area contributed by atoms with Crippen LogP contribution in [0.1, 0.15) is 25.3 Å². The number of sulfonamides is 1. The SMILES string of the molecule is CCCNCCNS(=O)(=O)c1cc2c(cc1Br)CCC(=O)N2.Cl. The van der Waals surface area contributed by atoms with E-state index in [1.165, 1.54) is 6.07 Å². The Morgan fingerprint density at radius 2 is 1.96 bits per heavy atom. The van der Waals surface area contributed by atoms with Gasteiger partial charge < -0.3 is 10.6 Å². The van der Waals surface area contributed by atoms with E-state index in [-0.39, 0.29) is 23.2 Å². The summed E-state index contributed by atoms with van der Waals surface area (Å²) in [5.41, 5.74) is 1.51. The Kier molecular flexibility index (Phi) is 7.96. The first-order valence-corrected chi connectivity index (χ1v) is 9.54. The Balaban J connectivity index is 0.00000264. The minimum absolute atomic E-state index is 0. The Morgan fingerprint density at radius 3 is 2.65 bits per heavy atom. The number of aryl methyl sites for hydroxylation is 1. The van der Waals surface area contributed by atoms with Crippen molar-refractivity contribution in [2.24, 2.45) is 0 Å². The van der Waals surface area contributed by atoms with Crippen LogP contribution >= 0.6 is 28.3 Å². The average molecular weight is 427 g/mol. The Hall–Kier alpha value is -0.670. The Morgan fingerprint density at radius 1 is 1.22 bits per heavy atom. The van der Waals surface area contributed by atoms with Crippen molar-refractivity contribution < 1.29 is 13.2 Å². The van der Waals surface area contributed by atoms with Gasteiger partial charge in [0.2, 0.25) is 15.9 Å². The highest BCUT2D eigenvalue weighted by Crippen LogP contribution is 2.31. The number of fused-ring (bicyclic) bond motifs is 1. The molecule has 9 heteroatoms. The molecular formula is C14H21BrClN3O3S. The number of carbonyl (C=O) groups is 1. The van der Waals surface area contributed by atoms with Gasteiger partial charge in [-0.05, 0) is 53.0 Å². The van der Waals surface area contributed by atoms with Crippen LogP contribution in [0.2, 0.25) is 0 Å². The van der Waals surface area contributed by atoms with Gasteiger partial charge in [0.1, 0.15) is 0 Å². The van der Waals surface area contributed by atoms with Crippen molar-refractivity contribution in [2.45, 2.75) is 31.1 Å². The molecule has 0 saturated carbocycles. The molecule has 0 unspecified atom stereocenters. The number of benzene rings is 1. The molecule has 0 atom stereocenters. The van der Waals surface area contributed by atoms with E-state index in [4.69, 9.17) is 0 Å². The zero-order valence-corrected chi connectivity index (χ0v) is 16.0. The van der Waals surface area contributed by atoms with Gasteiger partial charge in [0.15, 0.2) is 0 Å². The van der Waals surface area contributed by atoms with Crippen LogP contribution in [0.4, 0.5) is 5.69 Å². The Labute approximate surface area is 151 Å². The van der Waals surface area contributed by atoms with Crippen molar-refractivity contribution in [1.82, 2.24) is 10.0 Å². The van der Waals surface area contributed by atoms with Crippen LogP contribution in [0.25, 0.3) is 0 Å². The summed E-state index contributed by atoms with van der Waals surface area (Å²) in [6, 6.07) is 3.27. The van der Waals surface area contributed by atoms with E-state index in [0.717, 1.165) is 18.5 Å². The summed E-state index contributed by atoms with van der Waals surface area (Å²) in [7, 11) is -3.62. The molecule has 3 N–H and O–H groups in total. The van der Waals surface area contributed by atoms with E-state index < -0.39 is 10.0 Å². The third kappa shape index (κ3) is 5.42. The first kappa shape index (κ1) is 20.4. The van der Waals surface area contributed by atoms with Crippen LogP contribution in [0.3, 0.4) is 0 Å². The lowest BCUT2D eigenvalue weighted by molar-refractivity contribution is -0.116. The molecule has 1 aromatic carbocycles. The summed E-state index contributed by atoms with van der Waals surface area (Å²) in [6.45, 7) is 3.80. The van der Waals surface area contributed by atoms with Crippen molar-refractivity contribution in [2.75, 3.05) is 25.0 Å². The second-order valence-electron chi connectivity index (χ2n) is 5.14. The lowest BCUT2D eigenvalue weighted by atomic mass is 10.0. The highest BCUT2D eigenvalue weighted by molar-refractivity contribution is 9.10. The maximum atomic E-state index is 12.4. The van der Waals surface area contributed by atoms with Gasteiger partial charge in [0, 0.05) is 29.7 Å². The molecule has 130 valence electrons. The number of hydrogen-bond acceptors (Lipinski definition) is 4. The van der Waals surface area contributed by atoms with Gasteiger partial charge in [-0.2, -0.15) is 0 Å². The topological polar surface area (TPSA) is 87.3 Å². The lowest BCUT2D eigenvalue weighted by Crippen LogP contribution is -2.32. The number of nitrogens with one attached hydrogen (secondary N) is 3. The van der Waals surface area contributed by atoms with Crippen LogP contribution in [0.15, 0.2) is 21.5 Å². The molecule has 0 radical (unpaired) electrons. The summed E-state index contributed by atoms with van der Waals surface area (Å²) in [4.78, 5) is 11.6. The lowest BCUT2D eigenvalue weighted by Gasteiger charge is -2.19. The van der Waals surface area contributed by atoms with Gasteiger partial charge in [-0.15, -0.1) is 12.4 Å². The van der Waals surface area contributed by atoms with Crippen molar-refractivity contribution in [1.29, 1.82) is 0 Å². The van der Waals surface area contributed by atoms with E-state index >= 15 is 0 Å². The summed E-state index contributed by atoms with van der Waals surface area (Å²) in [6.07, 6.45) is 2.05. The second kappa shape index (κ2) is 8.98. The summed E-state index contributed by atoms with van der Waals surface area (Å²) >= 11 is 3.31. The molecule has 2 rings (SSSR count). The van der Waals surface area contributed by atoms with E-state index in [1.54, 1.807) is 6.07 Å². The van der Waals surface area contributed by atoms with Gasteiger partial charge in [-0.3, -0.25) is 4.79 Å². The number of anilines is 1. The average Bonchev–Trinajstić information content (AvgIpc) is 2.46. The third-order valence-corrected chi connectivity index (χ3v) is 5.78. The zero-order valence-electron chi connectivity index (χ0n) is 12.8. The number of amides is 1. The van der Waals surface area contributed by atoms with Crippen LogP contribution in [0, 0.1) is 0 Å².